The van der Waals surface area contributed by atoms with Gasteiger partial charge in [-0.2, -0.15) is 0 Å². The summed E-state index contributed by atoms with van der Waals surface area (Å²) >= 11 is 0. The predicted molar refractivity (Wildman–Crippen MR) is 228 cm³/mol. The van der Waals surface area contributed by atoms with Crippen LogP contribution < -0.4 is 21.3 Å². The van der Waals surface area contributed by atoms with Gasteiger partial charge in [-0.15, -0.1) is 9.98 Å². The van der Waals surface area contributed by atoms with E-state index < -0.39 is 46.8 Å². The number of guanidine groups is 2. The van der Waals surface area contributed by atoms with Crippen LogP contribution >= 0.6 is 0 Å². The number of alkyl carbamates (subject to hydrolysis) is 2. The maximum absolute atomic E-state index is 13.2. The second-order valence-corrected chi connectivity index (χ2v) is 17.9. The molecule has 0 spiro atoms. The van der Waals surface area contributed by atoms with Crippen LogP contribution in [0, 0.1) is 6.92 Å². The number of ether oxygens (including phenoxy) is 4. The lowest BCUT2D eigenvalue weighted by atomic mass is 9.95. The van der Waals surface area contributed by atoms with Crippen molar-refractivity contribution in [1.82, 2.24) is 20.9 Å². The third-order valence-corrected chi connectivity index (χ3v) is 7.68. The quantitative estimate of drug-likeness (QED) is 0.125. The Morgan fingerprint density at radius 2 is 1.24 bits per heavy atom. The summed E-state index contributed by atoms with van der Waals surface area (Å²) in [5.74, 6) is -0.356. The van der Waals surface area contributed by atoms with Gasteiger partial charge in [0.1, 0.15) is 22.4 Å². The number of anilines is 1. The number of carbonyl (C=O) groups is 5. The molecule has 0 radical (unpaired) electrons. The van der Waals surface area contributed by atoms with Crippen molar-refractivity contribution < 1.29 is 42.9 Å². The number of hydrogen-bond acceptors (Lipinski definition) is 9. The first-order valence-electron chi connectivity index (χ1n) is 19.5. The summed E-state index contributed by atoms with van der Waals surface area (Å²) in [6, 6.07) is 12.8. The van der Waals surface area contributed by atoms with Crippen LogP contribution in [-0.2, 0) is 25.4 Å². The molecular weight excluding hydrogens is 759 g/mol. The molecule has 2 aromatic rings. The lowest BCUT2D eigenvalue weighted by Crippen LogP contribution is -2.48. The lowest BCUT2D eigenvalue weighted by Gasteiger charge is -2.30. The van der Waals surface area contributed by atoms with Gasteiger partial charge in [0.25, 0.3) is 5.91 Å². The SMILES string of the molecule is Cc1cc(NC(=O)c2ccc(CCN/C(=N/C(=O)OC(C)(C)C)NC(=O)OC(C)(C)C)cc2)ccc1C1=CCN(/C(=N\C(=O)OC(C)(C)C)NC(=O)OC(C)(C)C)CC1. The highest BCUT2D eigenvalue weighted by Gasteiger charge is 2.26. The van der Waals surface area contributed by atoms with E-state index in [4.69, 9.17) is 18.9 Å². The molecule has 0 aliphatic carbocycles. The van der Waals surface area contributed by atoms with E-state index in [1.165, 1.54) is 0 Å². The molecule has 3 rings (SSSR count). The van der Waals surface area contributed by atoms with Gasteiger partial charge >= 0.3 is 24.4 Å². The second-order valence-electron chi connectivity index (χ2n) is 17.9. The number of amides is 5. The summed E-state index contributed by atoms with van der Waals surface area (Å²) < 4.78 is 21.3. The van der Waals surface area contributed by atoms with Crippen molar-refractivity contribution in [3.63, 3.8) is 0 Å². The zero-order chi connectivity index (χ0) is 44.3. The first kappa shape index (κ1) is 47.4. The van der Waals surface area contributed by atoms with E-state index in [0.29, 0.717) is 43.7 Å². The van der Waals surface area contributed by atoms with Crippen LogP contribution in [0.25, 0.3) is 5.57 Å². The Balaban J connectivity index is 1.63. The van der Waals surface area contributed by atoms with Gasteiger partial charge in [0.2, 0.25) is 11.9 Å². The molecule has 1 heterocycles. The van der Waals surface area contributed by atoms with E-state index in [1.807, 2.05) is 43.3 Å². The molecule has 59 heavy (non-hydrogen) atoms. The van der Waals surface area contributed by atoms with Gasteiger partial charge in [0, 0.05) is 30.9 Å². The Hall–Kier alpha value is -5.93. The number of hydrogen-bond donors (Lipinski definition) is 4. The van der Waals surface area contributed by atoms with Crippen LogP contribution in [-0.4, -0.2) is 89.1 Å². The molecule has 4 N–H and O–H groups in total. The van der Waals surface area contributed by atoms with Gasteiger partial charge in [-0.1, -0.05) is 24.3 Å². The smallest absolute Gasteiger partial charge is 0.437 e. The fourth-order valence-corrected chi connectivity index (χ4v) is 5.39. The summed E-state index contributed by atoms with van der Waals surface area (Å²) in [5.41, 5.74) is 1.97. The Bertz CT molecular complexity index is 1940. The fraction of sp³-hybridized carbons (Fsp3) is 0.512. The summed E-state index contributed by atoms with van der Waals surface area (Å²) in [4.78, 5) is 72.8. The van der Waals surface area contributed by atoms with Crippen molar-refractivity contribution in [2.45, 2.75) is 125 Å². The van der Waals surface area contributed by atoms with Crippen LogP contribution in [0.4, 0.5) is 24.9 Å². The number of carbonyl (C=O) groups excluding carboxylic acids is 5. The minimum absolute atomic E-state index is 0.0368. The fourth-order valence-electron chi connectivity index (χ4n) is 5.39. The monoisotopic (exact) mass is 819 g/mol. The van der Waals surface area contributed by atoms with Crippen molar-refractivity contribution >= 4 is 53.5 Å². The third-order valence-electron chi connectivity index (χ3n) is 7.68. The van der Waals surface area contributed by atoms with E-state index in [2.05, 4.69) is 31.3 Å². The van der Waals surface area contributed by atoms with Gasteiger partial charge in [-0.25, -0.2) is 19.2 Å². The average Bonchev–Trinajstić information content (AvgIpc) is 3.05. The lowest BCUT2D eigenvalue weighted by molar-refractivity contribution is 0.0539. The van der Waals surface area contributed by atoms with Gasteiger partial charge in [0.15, 0.2) is 0 Å². The number of nitrogens with one attached hydrogen (secondary N) is 4. The Morgan fingerprint density at radius 1 is 0.695 bits per heavy atom. The Kier molecular flexibility index (Phi) is 15.8. The summed E-state index contributed by atoms with van der Waals surface area (Å²) in [5, 5.41) is 11.0. The maximum atomic E-state index is 13.2. The molecule has 0 fully saturated rings. The van der Waals surface area contributed by atoms with Gasteiger partial charge < -0.3 is 34.5 Å². The van der Waals surface area contributed by atoms with Gasteiger partial charge in [0.05, 0.1) is 0 Å². The van der Waals surface area contributed by atoms with E-state index >= 15 is 0 Å². The molecule has 0 atom stereocenters. The molecule has 0 unspecified atom stereocenters. The van der Waals surface area contributed by atoms with Crippen molar-refractivity contribution in [2.75, 3.05) is 25.0 Å². The number of benzene rings is 2. The molecule has 0 aromatic heterocycles. The second kappa shape index (κ2) is 19.7. The van der Waals surface area contributed by atoms with Crippen LogP contribution in [0.1, 0.15) is 117 Å². The minimum Gasteiger partial charge on any atom is -0.444 e. The molecular formula is C43H61N7O9. The summed E-state index contributed by atoms with van der Waals surface area (Å²) in [6.45, 7) is 23.8. The standard InChI is InChI=1S/C43H61N7O9/c1-27-26-31(18-19-32(27)29-21-24-50(25-22-29)35(48-38(54)58-42(8,9)10)49-39(55)59-43(11,12)13)45-33(51)30-16-14-28(15-17-30)20-23-44-34(46-36(52)56-40(2,3)4)47-37(53)57-41(5,6)7/h14-19,21,26H,20,22-25H2,1-13H3,(H,45,51)(H,48,49,54,55)(H2,44,46,47,52,53). The van der Waals surface area contributed by atoms with Crippen LogP contribution in [0.2, 0.25) is 0 Å². The number of rotatable bonds is 6. The number of aryl methyl sites for hydroxylation is 1. The zero-order valence-corrected chi connectivity index (χ0v) is 36.7. The molecule has 0 bridgehead atoms. The molecule has 2 aromatic carbocycles. The largest absolute Gasteiger partial charge is 0.444 e. The minimum atomic E-state index is -0.873. The zero-order valence-electron chi connectivity index (χ0n) is 36.7. The van der Waals surface area contributed by atoms with Crippen molar-refractivity contribution in [2.24, 2.45) is 9.98 Å². The normalized spacial score (nSPS) is 14.1. The number of nitrogens with zero attached hydrogens (tertiary/aromatic N) is 3. The van der Waals surface area contributed by atoms with E-state index in [-0.39, 0.29) is 17.8 Å². The molecule has 1 aliphatic rings. The third kappa shape index (κ3) is 18.0. The molecule has 16 nitrogen and oxygen atoms in total. The molecule has 0 saturated heterocycles. The first-order chi connectivity index (χ1) is 27.1. The van der Waals surface area contributed by atoms with Gasteiger partial charge in [-0.05, 0) is 149 Å². The highest BCUT2D eigenvalue weighted by Crippen LogP contribution is 2.28. The highest BCUT2D eigenvalue weighted by molar-refractivity contribution is 6.04. The Morgan fingerprint density at radius 3 is 1.75 bits per heavy atom. The average molecular weight is 820 g/mol. The first-order valence-corrected chi connectivity index (χ1v) is 19.5. The van der Waals surface area contributed by atoms with E-state index in [1.54, 1.807) is 100 Å². The van der Waals surface area contributed by atoms with E-state index in [0.717, 1.165) is 22.3 Å². The van der Waals surface area contributed by atoms with Crippen LogP contribution in [0.15, 0.2) is 58.5 Å². The van der Waals surface area contributed by atoms with Crippen molar-refractivity contribution in [3.8, 4) is 0 Å². The number of aliphatic imine (C=N–C) groups is 2. The maximum Gasteiger partial charge on any atom is 0.437 e. The van der Waals surface area contributed by atoms with Crippen LogP contribution in [0.5, 0.6) is 0 Å². The molecule has 5 amide bonds. The molecule has 16 heteroatoms. The van der Waals surface area contributed by atoms with Crippen LogP contribution in [0.3, 0.4) is 0 Å². The highest BCUT2D eigenvalue weighted by atomic mass is 16.6. The summed E-state index contributed by atoms with van der Waals surface area (Å²) in [7, 11) is 0. The molecule has 1 aliphatic heterocycles. The molecule has 0 saturated carbocycles. The van der Waals surface area contributed by atoms with Crippen molar-refractivity contribution in [1.29, 1.82) is 0 Å². The topological polar surface area (TPSA) is 198 Å². The Labute approximate surface area is 347 Å². The van der Waals surface area contributed by atoms with Gasteiger partial charge in [-0.3, -0.25) is 15.4 Å². The molecule has 322 valence electrons. The predicted octanol–water partition coefficient (Wildman–Crippen LogP) is 8.10. The summed E-state index contributed by atoms with van der Waals surface area (Å²) in [6.07, 6.45) is -0.132. The van der Waals surface area contributed by atoms with E-state index in [9.17, 15) is 24.0 Å². The van der Waals surface area contributed by atoms with Crippen molar-refractivity contribution in [3.05, 3.63) is 70.8 Å².